The van der Waals surface area contributed by atoms with Crippen LogP contribution in [0, 0.1) is 0 Å². The van der Waals surface area contributed by atoms with Crippen LogP contribution < -0.4 is 29.1 Å². The molecule has 1 atom stereocenters. The Labute approximate surface area is 238 Å². The van der Waals surface area contributed by atoms with Gasteiger partial charge in [-0.1, -0.05) is 49.3 Å². The second kappa shape index (κ2) is 13.0. The maximum Gasteiger partial charge on any atom is 0.338 e. The number of fused-ring (bicyclic) bond motifs is 1. The highest BCUT2D eigenvalue weighted by atomic mass is 32.1. The zero-order chi connectivity index (χ0) is 28.8. The number of benzene rings is 2. The molecule has 0 radical (unpaired) electrons. The first-order valence-electron chi connectivity index (χ1n) is 13.5. The van der Waals surface area contributed by atoms with Gasteiger partial charge in [0.05, 0.1) is 48.8 Å². The maximum atomic E-state index is 13.9. The van der Waals surface area contributed by atoms with Crippen molar-refractivity contribution >= 4 is 23.4 Å². The number of allylic oxidation sites excluding steroid dienone is 1. The molecule has 1 aromatic heterocycles. The summed E-state index contributed by atoms with van der Waals surface area (Å²) in [6, 6.07) is 12.2. The third-order valence-corrected chi connectivity index (χ3v) is 7.49. The van der Waals surface area contributed by atoms with Crippen LogP contribution in [0.2, 0.25) is 0 Å². The van der Waals surface area contributed by atoms with Crippen LogP contribution in [-0.4, -0.2) is 37.5 Å². The monoisotopic (exact) mass is 564 g/mol. The van der Waals surface area contributed by atoms with Crippen LogP contribution in [0.25, 0.3) is 6.08 Å². The largest absolute Gasteiger partial charge is 0.497 e. The summed E-state index contributed by atoms with van der Waals surface area (Å²) in [7, 11) is 3.19. The third kappa shape index (κ3) is 6.31. The molecule has 2 heterocycles. The van der Waals surface area contributed by atoms with Gasteiger partial charge in [0, 0.05) is 0 Å². The summed E-state index contributed by atoms with van der Waals surface area (Å²) in [4.78, 5) is 32.3. The minimum absolute atomic E-state index is 0.245. The average Bonchev–Trinajstić information content (AvgIpc) is 3.24. The Morgan fingerprint density at radius 3 is 2.48 bits per heavy atom. The van der Waals surface area contributed by atoms with Crippen molar-refractivity contribution in [3.8, 4) is 17.2 Å². The van der Waals surface area contributed by atoms with Crippen molar-refractivity contribution < 1.29 is 23.7 Å². The number of carbonyl (C=O) groups is 1. The molecular weight excluding hydrogens is 528 g/mol. The first-order valence-corrected chi connectivity index (χ1v) is 14.3. The van der Waals surface area contributed by atoms with Crippen molar-refractivity contribution in [2.24, 2.45) is 4.99 Å². The fourth-order valence-electron chi connectivity index (χ4n) is 4.54. The summed E-state index contributed by atoms with van der Waals surface area (Å²) in [5.41, 5.74) is 2.16. The molecule has 1 aliphatic heterocycles. The fourth-order valence-corrected chi connectivity index (χ4v) is 5.59. The van der Waals surface area contributed by atoms with Crippen LogP contribution in [0.1, 0.15) is 64.1 Å². The van der Waals surface area contributed by atoms with Gasteiger partial charge < -0.3 is 18.9 Å². The molecule has 4 rings (SSSR count). The number of methoxy groups -OCH3 is 2. The Morgan fingerprint density at radius 2 is 1.82 bits per heavy atom. The van der Waals surface area contributed by atoms with E-state index in [1.165, 1.54) is 11.3 Å². The summed E-state index contributed by atoms with van der Waals surface area (Å²) in [6.07, 6.45) is 4.70. The second-order valence-electron chi connectivity index (χ2n) is 9.77. The van der Waals surface area contributed by atoms with E-state index in [4.69, 9.17) is 18.9 Å². The van der Waals surface area contributed by atoms with Crippen LogP contribution in [0.15, 0.2) is 63.5 Å². The van der Waals surface area contributed by atoms with Crippen molar-refractivity contribution in [1.82, 2.24) is 4.57 Å². The highest BCUT2D eigenvalue weighted by molar-refractivity contribution is 7.07. The lowest BCUT2D eigenvalue weighted by Gasteiger charge is -2.25. The summed E-state index contributed by atoms with van der Waals surface area (Å²) in [5.74, 6) is 1.45. The van der Waals surface area contributed by atoms with E-state index in [2.05, 4.69) is 11.9 Å². The van der Waals surface area contributed by atoms with Crippen LogP contribution in [0.5, 0.6) is 17.2 Å². The lowest BCUT2D eigenvalue weighted by atomic mass is 9.96. The van der Waals surface area contributed by atoms with E-state index in [1.807, 2.05) is 48.5 Å². The molecule has 0 fully saturated rings. The number of carbonyl (C=O) groups excluding carboxylic acids is 1. The van der Waals surface area contributed by atoms with Crippen LogP contribution in [0.3, 0.4) is 0 Å². The second-order valence-corrected chi connectivity index (χ2v) is 10.8. The lowest BCUT2D eigenvalue weighted by Crippen LogP contribution is -2.40. The van der Waals surface area contributed by atoms with Gasteiger partial charge in [-0.3, -0.25) is 9.36 Å². The lowest BCUT2D eigenvalue weighted by molar-refractivity contribution is -0.143. The Hall–Kier alpha value is -3.85. The van der Waals surface area contributed by atoms with Gasteiger partial charge in [0.25, 0.3) is 5.56 Å². The Kier molecular flexibility index (Phi) is 9.47. The quantitative estimate of drug-likeness (QED) is 0.246. The van der Waals surface area contributed by atoms with E-state index in [0.717, 1.165) is 30.4 Å². The molecule has 212 valence electrons. The topological polar surface area (TPSA) is 88.4 Å². The van der Waals surface area contributed by atoms with Crippen molar-refractivity contribution in [3.63, 3.8) is 0 Å². The number of unbranched alkanes of at least 4 members (excludes halogenated alkanes) is 2. The number of aromatic nitrogens is 1. The number of rotatable bonds is 11. The average molecular weight is 565 g/mol. The van der Waals surface area contributed by atoms with E-state index in [9.17, 15) is 9.59 Å². The van der Waals surface area contributed by atoms with Crippen molar-refractivity contribution in [3.05, 3.63) is 84.5 Å². The van der Waals surface area contributed by atoms with Crippen molar-refractivity contribution in [2.75, 3.05) is 20.8 Å². The van der Waals surface area contributed by atoms with E-state index >= 15 is 0 Å². The smallest absolute Gasteiger partial charge is 0.338 e. The molecule has 2 aromatic carbocycles. The Balaban J connectivity index is 1.79. The van der Waals surface area contributed by atoms with E-state index in [-0.39, 0.29) is 11.7 Å². The summed E-state index contributed by atoms with van der Waals surface area (Å²) < 4.78 is 24.4. The molecule has 0 amide bonds. The molecule has 0 bridgehead atoms. The predicted molar refractivity (Wildman–Crippen MR) is 156 cm³/mol. The van der Waals surface area contributed by atoms with Gasteiger partial charge >= 0.3 is 5.97 Å². The van der Waals surface area contributed by atoms with Gasteiger partial charge in [0.15, 0.2) is 16.3 Å². The first-order chi connectivity index (χ1) is 19.3. The van der Waals surface area contributed by atoms with Crippen LogP contribution in [0.4, 0.5) is 0 Å². The number of hydrogen-bond donors (Lipinski definition) is 0. The van der Waals surface area contributed by atoms with Crippen LogP contribution >= 0.6 is 11.3 Å². The molecule has 0 aliphatic carbocycles. The Morgan fingerprint density at radius 1 is 1.07 bits per heavy atom. The standard InChI is InChI=1S/C31H36N2O6S/c1-7-8-9-16-38-24-15-10-21(17-25(24)37-6)18-26-29(34)33-28(22-11-13-23(36-5)14-12-22)27(30(35)39-19(2)3)20(4)32-31(33)40-26/h10-15,17-19,28H,7-9,16H2,1-6H3/b26-18-/t28-/m1/s1. The normalized spacial score (nSPS) is 15.1. The summed E-state index contributed by atoms with van der Waals surface area (Å²) >= 11 is 1.28. The molecule has 40 heavy (non-hydrogen) atoms. The molecular formula is C31H36N2O6S. The predicted octanol–water partition coefficient (Wildman–Crippen LogP) is 4.77. The molecule has 3 aromatic rings. The highest BCUT2D eigenvalue weighted by Crippen LogP contribution is 2.32. The molecule has 0 saturated carbocycles. The molecule has 8 nitrogen and oxygen atoms in total. The van der Waals surface area contributed by atoms with E-state index in [0.29, 0.717) is 44.5 Å². The minimum atomic E-state index is -0.691. The van der Waals surface area contributed by atoms with Gasteiger partial charge in [-0.15, -0.1) is 0 Å². The SMILES string of the molecule is CCCCCOc1ccc(/C=c2\sc3n(c2=O)[C@H](c2ccc(OC)cc2)C(C(=O)OC(C)C)=C(C)N=3)cc1OC. The zero-order valence-corrected chi connectivity index (χ0v) is 24.7. The zero-order valence-electron chi connectivity index (χ0n) is 23.9. The molecule has 0 spiro atoms. The van der Waals surface area contributed by atoms with Gasteiger partial charge in [0.1, 0.15) is 5.75 Å². The molecule has 9 heteroatoms. The van der Waals surface area contributed by atoms with Gasteiger partial charge in [-0.25, -0.2) is 9.79 Å². The number of hydrogen-bond acceptors (Lipinski definition) is 8. The number of esters is 1. The van der Waals surface area contributed by atoms with E-state index < -0.39 is 12.0 Å². The fraction of sp³-hybridized carbons (Fsp3) is 0.387. The molecule has 1 aliphatic rings. The van der Waals surface area contributed by atoms with Gasteiger partial charge in [-0.2, -0.15) is 0 Å². The Bertz CT molecular complexity index is 1570. The molecule has 0 saturated heterocycles. The summed E-state index contributed by atoms with van der Waals surface area (Å²) in [5, 5.41) is 0. The third-order valence-electron chi connectivity index (χ3n) is 6.51. The van der Waals surface area contributed by atoms with Gasteiger partial charge in [-0.05, 0) is 68.7 Å². The van der Waals surface area contributed by atoms with Crippen molar-refractivity contribution in [1.29, 1.82) is 0 Å². The number of thiazole rings is 1. The first kappa shape index (κ1) is 29.1. The van der Waals surface area contributed by atoms with Crippen LogP contribution in [-0.2, 0) is 9.53 Å². The number of ether oxygens (including phenoxy) is 4. The minimum Gasteiger partial charge on any atom is -0.497 e. The van der Waals surface area contributed by atoms with Crippen molar-refractivity contribution in [2.45, 2.75) is 59.1 Å². The molecule has 0 unspecified atom stereocenters. The molecule has 0 N–H and O–H groups in total. The van der Waals surface area contributed by atoms with Gasteiger partial charge in [0.2, 0.25) is 0 Å². The maximum absolute atomic E-state index is 13.9. The number of nitrogens with zero attached hydrogens (tertiary/aromatic N) is 2. The summed E-state index contributed by atoms with van der Waals surface area (Å²) in [6.45, 7) is 8.13. The highest BCUT2D eigenvalue weighted by Gasteiger charge is 2.33. The van der Waals surface area contributed by atoms with E-state index in [1.54, 1.807) is 39.6 Å².